The van der Waals surface area contributed by atoms with Crippen LogP contribution in [0.4, 0.5) is 0 Å². The molecular formula is C11H18BrNO2. The number of ether oxygens (including phenoxy) is 1. The summed E-state index contributed by atoms with van der Waals surface area (Å²) in [4.78, 5) is 12.2. The van der Waals surface area contributed by atoms with Crippen LogP contribution in [0.1, 0.15) is 26.2 Å². The highest BCUT2D eigenvalue weighted by Crippen LogP contribution is 2.36. The summed E-state index contributed by atoms with van der Waals surface area (Å²) in [5.74, 6) is 1.19. The van der Waals surface area contributed by atoms with Gasteiger partial charge in [-0.1, -0.05) is 22.9 Å². The Hall–Kier alpha value is -0.0900. The number of nitrogens with one attached hydrogen (secondary N) is 1. The highest BCUT2D eigenvalue weighted by Gasteiger charge is 2.33. The lowest BCUT2D eigenvalue weighted by molar-refractivity contribution is -0.131. The van der Waals surface area contributed by atoms with Gasteiger partial charge >= 0.3 is 0 Å². The number of alkyl halides is 1. The summed E-state index contributed by atoms with van der Waals surface area (Å²) in [6, 6.07) is 0. The number of halogens is 1. The lowest BCUT2D eigenvalue weighted by Crippen LogP contribution is -2.40. The van der Waals surface area contributed by atoms with Crippen LogP contribution in [0.25, 0.3) is 0 Å². The van der Waals surface area contributed by atoms with Gasteiger partial charge in [0.1, 0.15) is 6.10 Å². The van der Waals surface area contributed by atoms with Gasteiger partial charge in [-0.2, -0.15) is 0 Å². The third-order valence-corrected chi connectivity index (χ3v) is 4.32. The van der Waals surface area contributed by atoms with E-state index in [0.29, 0.717) is 10.7 Å². The van der Waals surface area contributed by atoms with Gasteiger partial charge in [0, 0.05) is 18.0 Å². The first-order chi connectivity index (χ1) is 7.18. The summed E-state index contributed by atoms with van der Waals surface area (Å²) in [5, 5.41) is 2.97. The van der Waals surface area contributed by atoms with Gasteiger partial charge in [-0.25, -0.2) is 0 Å². The normalized spacial score (nSPS) is 32.7. The molecule has 4 heteroatoms. The molecule has 2 aliphatic rings. The summed E-state index contributed by atoms with van der Waals surface area (Å²) in [6.45, 7) is 3.53. The first kappa shape index (κ1) is 11.4. The minimum atomic E-state index is -0.219. The van der Waals surface area contributed by atoms with E-state index in [9.17, 15) is 4.79 Å². The maximum absolute atomic E-state index is 11.7. The molecule has 2 fully saturated rings. The fraction of sp³-hybridized carbons (Fsp3) is 0.909. The maximum atomic E-state index is 11.7. The largest absolute Gasteiger partial charge is 0.368 e. The number of amides is 1. The minimum absolute atomic E-state index is 0.0603. The molecule has 1 aliphatic carbocycles. The van der Waals surface area contributed by atoms with Crippen LogP contribution in [0.15, 0.2) is 0 Å². The van der Waals surface area contributed by atoms with Crippen molar-refractivity contribution in [2.24, 2.45) is 11.8 Å². The van der Waals surface area contributed by atoms with E-state index in [1.807, 2.05) is 0 Å². The first-order valence-electron chi connectivity index (χ1n) is 5.72. The zero-order chi connectivity index (χ0) is 10.8. The molecule has 0 aromatic carbocycles. The van der Waals surface area contributed by atoms with E-state index in [1.54, 1.807) is 0 Å². The zero-order valence-corrected chi connectivity index (χ0v) is 10.6. The van der Waals surface area contributed by atoms with Crippen molar-refractivity contribution in [3.8, 4) is 0 Å². The molecule has 2 rings (SSSR count). The molecular weight excluding hydrogens is 258 g/mol. The van der Waals surface area contributed by atoms with Gasteiger partial charge in [-0.3, -0.25) is 4.79 Å². The van der Waals surface area contributed by atoms with Crippen molar-refractivity contribution in [2.75, 3.05) is 13.2 Å². The molecule has 3 unspecified atom stereocenters. The zero-order valence-electron chi connectivity index (χ0n) is 9.04. The van der Waals surface area contributed by atoms with Crippen LogP contribution < -0.4 is 5.32 Å². The second-order valence-corrected chi connectivity index (χ2v) is 5.83. The SMILES string of the molecule is CC1CCOC1C(=O)NCC(Br)C1CC1. The average molecular weight is 276 g/mol. The van der Waals surface area contributed by atoms with Gasteiger partial charge in [-0.05, 0) is 31.1 Å². The highest BCUT2D eigenvalue weighted by atomic mass is 79.9. The van der Waals surface area contributed by atoms with Gasteiger partial charge < -0.3 is 10.1 Å². The second kappa shape index (κ2) is 4.83. The van der Waals surface area contributed by atoms with E-state index in [0.717, 1.165) is 25.5 Å². The molecule has 1 aliphatic heterocycles. The van der Waals surface area contributed by atoms with Crippen molar-refractivity contribution < 1.29 is 9.53 Å². The quantitative estimate of drug-likeness (QED) is 0.794. The number of rotatable bonds is 4. The molecule has 15 heavy (non-hydrogen) atoms. The lowest BCUT2D eigenvalue weighted by atomic mass is 10.0. The molecule has 1 N–H and O–H groups in total. The van der Waals surface area contributed by atoms with Crippen LogP contribution >= 0.6 is 15.9 Å². The van der Waals surface area contributed by atoms with Crippen molar-refractivity contribution in [2.45, 2.75) is 37.1 Å². The van der Waals surface area contributed by atoms with E-state index in [4.69, 9.17) is 4.74 Å². The number of carbonyl (C=O) groups excluding carboxylic acids is 1. The van der Waals surface area contributed by atoms with Crippen LogP contribution in [-0.2, 0) is 9.53 Å². The molecule has 0 aromatic heterocycles. The van der Waals surface area contributed by atoms with Crippen LogP contribution in [0, 0.1) is 11.8 Å². The summed E-state index contributed by atoms with van der Waals surface area (Å²) >= 11 is 3.60. The molecule has 0 spiro atoms. The highest BCUT2D eigenvalue weighted by molar-refractivity contribution is 9.09. The Labute approximate surface area is 99.1 Å². The van der Waals surface area contributed by atoms with Crippen molar-refractivity contribution in [1.29, 1.82) is 0 Å². The molecule has 86 valence electrons. The Morgan fingerprint density at radius 1 is 1.53 bits per heavy atom. The predicted molar refractivity (Wildman–Crippen MR) is 62.0 cm³/mol. The number of hydrogen-bond donors (Lipinski definition) is 1. The molecule has 1 saturated heterocycles. The van der Waals surface area contributed by atoms with Crippen LogP contribution in [0.5, 0.6) is 0 Å². The molecule has 0 aromatic rings. The molecule has 1 saturated carbocycles. The van der Waals surface area contributed by atoms with Crippen molar-refractivity contribution >= 4 is 21.8 Å². The van der Waals surface area contributed by atoms with E-state index >= 15 is 0 Å². The Kier molecular flexibility index (Phi) is 3.67. The average Bonchev–Trinajstić information content (AvgIpc) is 2.98. The van der Waals surface area contributed by atoms with Gasteiger partial charge in [0.05, 0.1) is 0 Å². The van der Waals surface area contributed by atoms with Crippen molar-refractivity contribution in [3.63, 3.8) is 0 Å². The fourth-order valence-electron chi connectivity index (χ4n) is 1.95. The minimum Gasteiger partial charge on any atom is -0.368 e. The first-order valence-corrected chi connectivity index (χ1v) is 6.63. The van der Waals surface area contributed by atoms with Crippen LogP contribution in [0.3, 0.4) is 0 Å². The molecule has 3 nitrogen and oxygen atoms in total. The van der Waals surface area contributed by atoms with Gasteiger partial charge in [0.2, 0.25) is 5.91 Å². The Morgan fingerprint density at radius 2 is 2.27 bits per heavy atom. The Balaban J connectivity index is 1.71. The number of carbonyl (C=O) groups is 1. The van der Waals surface area contributed by atoms with E-state index in [2.05, 4.69) is 28.2 Å². The van der Waals surface area contributed by atoms with Crippen LogP contribution in [0.2, 0.25) is 0 Å². The lowest BCUT2D eigenvalue weighted by Gasteiger charge is -2.16. The molecule has 0 radical (unpaired) electrons. The summed E-state index contributed by atoms with van der Waals surface area (Å²) < 4.78 is 5.41. The monoisotopic (exact) mass is 275 g/mol. The third-order valence-electron chi connectivity index (χ3n) is 3.25. The van der Waals surface area contributed by atoms with Gasteiger partial charge in [0.15, 0.2) is 0 Å². The predicted octanol–water partition coefficient (Wildman–Crippen LogP) is 1.70. The Morgan fingerprint density at radius 3 is 2.80 bits per heavy atom. The molecule has 1 heterocycles. The number of hydrogen-bond acceptors (Lipinski definition) is 2. The van der Waals surface area contributed by atoms with Gasteiger partial charge in [0.25, 0.3) is 0 Å². The van der Waals surface area contributed by atoms with Crippen LogP contribution in [-0.4, -0.2) is 30.0 Å². The Bertz CT molecular complexity index is 243. The summed E-state index contributed by atoms with van der Waals surface area (Å²) in [7, 11) is 0. The second-order valence-electron chi connectivity index (χ2n) is 4.66. The standard InChI is InChI=1S/C11H18BrNO2/c1-7-4-5-15-10(7)11(14)13-6-9(12)8-2-3-8/h7-10H,2-6H2,1H3,(H,13,14). The van der Waals surface area contributed by atoms with Crippen molar-refractivity contribution in [3.05, 3.63) is 0 Å². The van der Waals surface area contributed by atoms with E-state index in [1.165, 1.54) is 12.8 Å². The molecule has 3 atom stereocenters. The summed E-state index contributed by atoms with van der Waals surface area (Å²) in [5.41, 5.74) is 0. The van der Waals surface area contributed by atoms with Crippen molar-refractivity contribution in [1.82, 2.24) is 5.32 Å². The maximum Gasteiger partial charge on any atom is 0.249 e. The smallest absolute Gasteiger partial charge is 0.249 e. The third kappa shape index (κ3) is 2.94. The van der Waals surface area contributed by atoms with E-state index in [-0.39, 0.29) is 12.0 Å². The van der Waals surface area contributed by atoms with E-state index < -0.39 is 0 Å². The fourth-order valence-corrected chi connectivity index (χ4v) is 2.64. The topological polar surface area (TPSA) is 38.3 Å². The molecule has 1 amide bonds. The summed E-state index contributed by atoms with van der Waals surface area (Å²) in [6.07, 6.45) is 3.37. The van der Waals surface area contributed by atoms with Gasteiger partial charge in [-0.15, -0.1) is 0 Å². The molecule has 0 bridgehead atoms.